The molecule has 146 valence electrons. The van der Waals surface area contributed by atoms with E-state index in [-0.39, 0.29) is 22.5 Å². The van der Waals surface area contributed by atoms with E-state index >= 15 is 0 Å². The van der Waals surface area contributed by atoms with Crippen LogP contribution in [-0.2, 0) is 12.7 Å². The molecular formula is C20H14F5NOS. The van der Waals surface area contributed by atoms with Gasteiger partial charge in [-0.3, -0.25) is 4.79 Å². The molecule has 0 bridgehead atoms. The Hall–Kier alpha value is -2.74. The fourth-order valence-electron chi connectivity index (χ4n) is 2.53. The van der Waals surface area contributed by atoms with E-state index in [4.69, 9.17) is 0 Å². The summed E-state index contributed by atoms with van der Waals surface area (Å²) in [6.07, 6.45) is -4.45. The Balaban J connectivity index is 1.73. The van der Waals surface area contributed by atoms with E-state index in [0.29, 0.717) is 10.4 Å². The predicted molar refractivity (Wildman–Crippen MR) is 97.0 cm³/mol. The van der Waals surface area contributed by atoms with Gasteiger partial charge >= 0.3 is 6.18 Å². The maximum atomic E-state index is 13.6. The average Bonchev–Trinajstić information content (AvgIpc) is 3.14. The van der Waals surface area contributed by atoms with Crippen LogP contribution in [-0.4, -0.2) is 5.91 Å². The minimum atomic E-state index is -4.45. The van der Waals surface area contributed by atoms with Crippen molar-refractivity contribution < 1.29 is 26.7 Å². The van der Waals surface area contributed by atoms with Gasteiger partial charge in [-0.05, 0) is 54.4 Å². The number of amides is 1. The number of carbonyl (C=O) groups excluding carboxylic acids is 1. The SMILES string of the molecule is Cc1c(F)cc(CNC(=O)c2ccc(-c3cccc(C(F)(F)F)c3)s2)cc1F. The number of thiophene rings is 1. The summed E-state index contributed by atoms with van der Waals surface area (Å²) in [5.41, 5.74) is -0.253. The van der Waals surface area contributed by atoms with Gasteiger partial charge in [0, 0.05) is 17.0 Å². The van der Waals surface area contributed by atoms with Crippen molar-refractivity contribution in [3.05, 3.63) is 81.7 Å². The molecular weight excluding hydrogens is 397 g/mol. The molecule has 1 aromatic heterocycles. The molecule has 0 radical (unpaired) electrons. The largest absolute Gasteiger partial charge is 0.416 e. The van der Waals surface area contributed by atoms with Gasteiger partial charge in [0.2, 0.25) is 0 Å². The molecule has 3 aromatic rings. The van der Waals surface area contributed by atoms with Crippen LogP contribution in [0.4, 0.5) is 22.0 Å². The van der Waals surface area contributed by atoms with Gasteiger partial charge in [-0.15, -0.1) is 11.3 Å². The minimum absolute atomic E-state index is 0.0796. The van der Waals surface area contributed by atoms with Crippen LogP contribution in [0.25, 0.3) is 10.4 Å². The molecule has 1 amide bonds. The number of alkyl halides is 3. The molecule has 1 heterocycles. The molecule has 0 spiro atoms. The van der Waals surface area contributed by atoms with E-state index in [1.54, 1.807) is 6.07 Å². The molecule has 0 aliphatic carbocycles. The first-order valence-corrected chi connectivity index (χ1v) is 8.97. The highest BCUT2D eigenvalue weighted by Gasteiger charge is 2.30. The maximum Gasteiger partial charge on any atom is 0.416 e. The number of hydrogen-bond donors (Lipinski definition) is 1. The number of carbonyl (C=O) groups is 1. The number of benzene rings is 2. The molecule has 0 unspecified atom stereocenters. The van der Waals surface area contributed by atoms with Crippen molar-refractivity contribution >= 4 is 17.2 Å². The number of halogens is 5. The van der Waals surface area contributed by atoms with Crippen molar-refractivity contribution in [3.8, 4) is 10.4 Å². The monoisotopic (exact) mass is 411 g/mol. The minimum Gasteiger partial charge on any atom is -0.347 e. The highest BCUT2D eigenvalue weighted by atomic mass is 32.1. The van der Waals surface area contributed by atoms with Crippen molar-refractivity contribution in [1.29, 1.82) is 0 Å². The van der Waals surface area contributed by atoms with Gasteiger partial charge in [-0.1, -0.05) is 12.1 Å². The first kappa shape index (κ1) is 20.0. The average molecular weight is 411 g/mol. The summed E-state index contributed by atoms with van der Waals surface area (Å²) in [4.78, 5) is 13.0. The lowest BCUT2D eigenvalue weighted by Gasteiger charge is -2.07. The predicted octanol–water partition coefficient (Wildman–Crippen LogP) is 5.95. The summed E-state index contributed by atoms with van der Waals surface area (Å²) < 4.78 is 65.7. The third-order valence-corrected chi connectivity index (χ3v) is 5.23. The summed E-state index contributed by atoms with van der Waals surface area (Å²) >= 11 is 1.03. The van der Waals surface area contributed by atoms with Crippen LogP contribution in [0.15, 0.2) is 48.5 Å². The first-order valence-electron chi connectivity index (χ1n) is 8.15. The van der Waals surface area contributed by atoms with Crippen LogP contribution < -0.4 is 5.32 Å². The lowest BCUT2D eigenvalue weighted by atomic mass is 10.1. The van der Waals surface area contributed by atoms with E-state index in [0.717, 1.165) is 35.6 Å². The van der Waals surface area contributed by atoms with Crippen molar-refractivity contribution in [2.75, 3.05) is 0 Å². The summed E-state index contributed by atoms with van der Waals surface area (Å²) in [5.74, 6) is -1.89. The second-order valence-electron chi connectivity index (χ2n) is 6.11. The Morgan fingerprint density at radius 3 is 2.36 bits per heavy atom. The number of hydrogen-bond acceptors (Lipinski definition) is 2. The lowest BCUT2D eigenvalue weighted by molar-refractivity contribution is -0.137. The molecule has 1 N–H and O–H groups in total. The van der Waals surface area contributed by atoms with Gasteiger partial charge in [0.05, 0.1) is 10.4 Å². The van der Waals surface area contributed by atoms with Crippen LogP contribution in [0.5, 0.6) is 0 Å². The van der Waals surface area contributed by atoms with Gasteiger partial charge in [0.15, 0.2) is 0 Å². The van der Waals surface area contributed by atoms with Crippen molar-refractivity contribution in [2.45, 2.75) is 19.6 Å². The summed E-state index contributed by atoms with van der Waals surface area (Å²) in [6, 6.07) is 10.2. The topological polar surface area (TPSA) is 29.1 Å². The zero-order valence-corrected chi connectivity index (χ0v) is 15.3. The van der Waals surface area contributed by atoms with E-state index in [1.165, 1.54) is 25.1 Å². The summed E-state index contributed by atoms with van der Waals surface area (Å²) in [6.45, 7) is 1.23. The van der Waals surface area contributed by atoms with Gasteiger partial charge in [-0.2, -0.15) is 13.2 Å². The molecule has 0 atom stereocenters. The maximum absolute atomic E-state index is 13.6. The molecule has 0 fully saturated rings. The van der Waals surface area contributed by atoms with Crippen molar-refractivity contribution in [2.24, 2.45) is 0 Å². The van der Waals surface area contributed by atoms with Crippen LogP contribution in [0.1, 0.15) is 26.4 Å². The fourth-order valence-corrected chi connectivity index (χ4v) is 3.45. The van der Waals surface area contributed by atoms with E-state index in [2.05, 4.69) is 5.32 Å². The molecule has 0 aliphatic rings. The summed E-state index contributed by atoms with van der Waals surface area (Å²) in [5, 5.41) is 2.55. The molecule has 3 rings (SSSR count). The zero-order chi connectivity index (χ0) is 20.5. The molecule has 0 saturated heterocycles. The van der Waals surface area contributed by atoms with Crippen LogP contribution in [0, 0.1) is 18.6 Å². The Kier molecular flexibility index (Phi) is 5.51. The van der Waals surface area contributed by atoms with Gasteiger partial charge in [0.1, 0.15) is 11.6 Å². The second kappa shape index (κ2) is 7.71. The zero-order valence-electron chi connectivity index (χ0n) is 14.5. The number of nitrogens with one attached hydrogen (secondary N) is 1. The Morgan fingerprint density at radius 2 is 1.71 bits per heavy atom. The lowest BCUT2D eigenvalue weighted by Crippen LogP contribution is -2.22. The van der Waals surface area contributed by atoms with Crippen LogP contribution in [0.3, 0.4) is 0 Å². The van der Waals surface area contributed by atoms with Crippen molar-refractivity contribution in [3.63, 3.8) is 0 Å². The van der Waals surface area contributed by atoms with Gasteiger partial charge in [0.25, 0.3) is 5.91 Å². The molecule has 0 aliphatic heterocycles. The normalized spacial score (nSPS) is 11.5. The molecule has 2 nitrogen and oxygen atoms in total. The summed E-state index contributed by atoms with van der Waals surface area (Å²) in [7, 11) is 0. The smallest absolute Gasteiger partial charge is 0.347 e. The van der Waals surface area contributed by atoms with Gasteiger partial charge in [-0.25, -0.2) is 8.78 Å². The molecule has 2 aromatic carbocycles. The van der Waals surface area contributed by atoms with Gasteiger partial charge < -0.3 is 5.32 Å². The Labute approximate surface area is 161 Å². The quantitative estimate of drug-likeness (QED) is 0.528. The standard InChI is InChI=1S/C20H14F5NOS/c1-11-15(21)7-12(8-16(11)22)10-26-19(27)18-6-5-17(28-18)13-3-2-4-14(9-13)20(23,24)25/h2-9H,10H2,1H3,(H,26,27). The molecule has 8 heteroatoms. The van der Waals surface area contributed by atoms with E-state index in [1.807, 2.05) is 0 Å². The molecule has 0 saturated carbocycles. The second-order valence-corrected chi connectivity index (χ2v) is 7.19. The van der Waals surface area contributed by atoms with Crippen LogP contribution >= 0.6 is 11.3 Å². The third kappa shape index (κ3) is 4.39. The number of rotatable bonds is 4. The first-order chi connectivity index (χ1) is 13.1. The van der Waals surface area contributed by atoms with Crippen molar-refractivity contribution in [1.82, 2.24) is 5.32 Å². The highest BCUT2D eigenvalue weighted by Crippen LogP contribution is 2.34. The van der Waals surface area contributed by atoms with Crippen LogP contribution in [0.2, 0.25) is 0 Å². The Morgan fingerprint density at radius 1 is 1.04 bits per heavy atom. The molecule has 28 heavy (non-hydrogen) atoms. The van der Waals surface area contributed by atoms with E-state index in [9.17, 15) is 26.7 Å². The fraction of sp³-hybridized carbons (Fsp3) is 0.150. The third-order valence-electron chi connectivity index (χ3n) is 4.10. The van der Waals surface area contributed by atoms with E-state index < -0.39 is 29.3 Å². The highest BCUT2D eigenvalue weighted by molar-refractivity contribution is 7.17. The Bertz CT molecular complexity index is 1000.